The molecule has 3 aromatic carbocycles. The summed E-state index contributed by atoms with van der Waals surface area (Å²) in [4.78, 5) is 23.9. The van der Waals surface area contributed by atoms with Crippen LogP contribution in [0.15, 0.2) is 65.8 Å². The molecule has 33 heavy (non-hydrogen) atoms. The van der Waals surface area contributed by atoms with Crippen LogP contribution in [0.1, 0.15) is 11.1 Å². The number of hydrogen-bond donors (Lipinski definition) is 2. The van der Waals surface area contributed by atoms with E-state index in [9.17, 15) is 18.4 Å². The van der Waals surface area contributed by atoms with Gasteiger partial charge in [0.05, 0.1) is 18.3 Å². The van der Waals surface area contributed by atoms with Gasteiger partial charge in [-0.3, -0.25) is 9.59 Å². The van der Waals surface area contributed by atoms with Crippen LogP contribution < -0.4 is 20.2 Å². The highest BCUT2D eigenvalue weighted by molar-refractivity contribution is 6.39. The number of para-hydroxylation sites is 1. The van der Waals surface area contributed by atoms with Gasteiger partial charge in [0.25, 0.3) is 0 Å². The number of rotatable bonds is 7. The first kappa shape index (κ1) is 23.7. The molecule has 2 N–H and O–H groups in total. The van der Waals surface area contributed by atoms with E-state index in [1.165, 1.54) is 37.6 Å². The first-order chi connectivity index (χ1) is 15.9. The third kappa shape index (κ3) is 6.27. The number of nitrogens with one attached hydrogen (secondary N) is 2. The van der Waals surface area contributed by atoms with E-state index < -0.39 is 23.4 Å². The minimum atomic E-state index is -1.04. The van der Waals surface area contributed by atoms with Gasteiger partial charge >= 0.3 is 11.8 Å². The number of amides is 2. The molecule has 0 spiro atoms. The molecule has 0 unspecified atom stereocenters. The monoisotopic (exact) mass is 473 g/mol. The molecule has 0 aliphatic heterocycles. The summed E-state index contributed by atoms with van der Waals surface area (Å²) in [5, 5.41) is 6.28. The van der Waals surface area contributed by atoms with Crippen molar-refractivity contribution in [3.63, 3.8) is 0 Å². The van der Waals surface area contributed by atoms with E-state index in [2.05, 4.69) is 15.8 Å². The predicted molar refractivity (Wildman–Crippen MR) is 120 cm³/mol. The van der Waals surface area contributed by atoms with Crippen molar-refractivity contribution in [1.82, 2.24) is 5.43 Å². The molecule has 0 aliphatic carbocycles. The van der Waals surface area contributed by atoms with Crippen molar-refractivity contribution in [2.24, 2.45) is 5.10 Å². The first-order valence-electron chi connectivity index (χ1n) is 9.51. The van der Waals surface area contributed by atoms with Crippen molar-refractivity contribution in [3.05, 3.63) is 88.4 Å². The van der Waals surface area contributed by atoms with Crippen LogP contribution in [0.2, 0.25) is 5.02 Å². The van der Waals surface area contributed by atoms with E-state index in [4.69, 9.17) is 21.1 Å². The quantitative estimate of drug-likeness (QED) is 0.304. The van der Waals surface area contributed by atoms with E-state index in [1.54, 1.807) is 24.3 Å². The highest BCUT2D eigenvalue weighted by atomic mass is 35.5. The van der Waals surface area contributed by atoms with Crippen LogP contribution in [-0.2, 0) is 16.2 Å². The molecule has 7 nitrogen and oxygen atoms in total. The number of halogens is 3. The number of hydrogen-bond acceptors (Lipinski definition) is 5. The van der Waals surface area contributed by atoms with Gasteiger partial charge in [-0.15, -0.1) is 0 Å². The maximum absolute atomic E-state index is 14.1. The minimum Gasteiger partial charge on any atom is -0.493 e. The Balaban J connectivity index is 1.69. The van der Waals surface area contributed by atoms with Crippen LogP contribution in [0.5, 0.6) is 11.5 Å². The Bertz CT molecular complexity index is 1170. The molecule has 170 valence electrons. The smallest absolute Gasteiger partial charge is 0.329 e. The van der Waals surface area contributed by atoms with Gasteiger partial charge in [0.1, 0.15) is 18.2 Å². The molecule has 2 amide bonds. The molecular formula is C23H18ClF2N3O4. The number of methoxy groups -OCH3 is 1. The number of ether oxygens (including phenoxy) is 2. The lowest BCUT2D eigenvalue weighted by Gasteiger charge is -2.14. The summed E-state index contributed by atoms with van der Waals surface area (Å²) in [6.07, 6.45) is 1.24. The molecule has 0 bridgehead atoms. The Morgan fingerprint density at radius 2 is 1.76 bits per heavy atom. The Kier molecular flexibility index (Phi) is 7.93. The Labute approximate surface area is 193 Å². The van der Waals surface area contributed by atoms with Crippen LogP contribution >= 0.6 is 11.6 Å². The zero-order valence-electron chi connectivity index (χ0n) is 17.3. The van der Waals surface area contributed by atoms with Crippen LogP contribution in [0.25, 0.3) is 0 Å². The molecule has 0 radical (unpaired) electrons. The number of benzene rings is 3. The molecule has 0 saturated carbocycles. The van der Waals surface area contributed by atoms with E-state index >= 15 is 0 Å². The number of anilines is 1. The van der Waals surface area contributed by atoms with Crippen LogP contribution in [-0.4, -0.2) is 25.1 Å². The van der Waals surface area contributed by atoms with Crippen LogP contribution in [0.4, 0.5) is 14.5 Å². The summed E-state index contributed by atoms with van der Waals surface area (Å²) in [7, 11) is 1.43. The van der Waals surface area contributed by atoms with E-state index in [-0.39, 0.29) is 28.6 Å². The lowest BCUT2D eigenvalue weighted by molar-refractivity contribution is -0.136. The van der Waals surface area contributed by atoms with E-state index in [0.29, 0.717) is 11.3 Å². The molecule has 3 rings (SSSR count). The summed E-state index contributed by atoms with van der Waals surface area (Å²) in [6, 6.07) is 14.1. The average molecular weight is 474 g/mol. The van der Waals surface area contributed by atoms with E-state index in [1.807, 2.05) is 0 Å². The van der Waals surface area contributed by atoms with Gasteiger partial charge in [-0.25, -0.2) is 14.2 Å². The normalized spacial score (nSPS) is 10.7. The summed E-state index contributed by atoms with van der Waals surface area (Å²) >= 11 is 6.04. The van der Waals surface area contributed by atoms with Gasteiger partial charge in [0, 0.05) is 16.8 Å². The van der Waals surface area contributed by atoms with Gasteiger partial charge in [-0.2, -0.15) is 5.10 Å². The standard InChI is InChI=1S/C23H18ClF2N3O4/c1-32-20-7-2-4-14(21(20)33-13-17-18(24)5-3-6-19(17)26)12-27-29-23(31)22(30)28-16-10-8-15(25)9-11-16/h2-12H,13H2,1H3,(H,28,30)(H,29,31)/b27-12-. The molecule has 0 saturated heterocycles. The molecule has 0 atom stereocenters. The summed E-state index contributed by atoms with van der Waals surface area (Å²) in [5.41, 5.74) is 2.89. The van der Waals surface area contributed by atoms with Gasteiger partial charge < -0.3 is 14.8 Å². The summed E-state index contributed by atoms with van der Waals surface area (Å²) in [5.74, 6) is -2.46. The maximum Gasteiger partial charge on any atom is 0.329 e. The molecular weight excluding hydrogens is 456 g/mol. The third-order valence-corrected chi connectivity index (χ3v) is 4.68. The van der Waals surface area contributed by atoms with Gasteiger partial charge in [0.15, 0.2) is 11.5 Å². The molecule has 3 aromatic rings. The van der Waals surface area contributed by atoms with Crippen molar-refractivity contribution in [2.45, 2.75) is 6.61 Å². The molecule has 0 heterocycles. The van der Waals surface area contributed by atoms with Crippen LogP contribution in [0, 0.1) is 11.6 Å². The maximum atomic E-state index is 14.1. The first-order valence-corrected chi connectivity index (χ1v) is 9.89. The fourth-order valence-electron chi connectivity index (χ4n) is 2.70. The number of nitrogens with zero attached hydrogens (tertiary/aromatic N) is 1. The van der Waals surface area contributed by atoms with Crippen molar-refractivity contribution in [2.75, 3.05) is 12.4 Å². The number of hydrazone groups is 1. The van der Waals surface area contributed by atoms with E-state index in [0.717, 1.165) is 12.1 Å². The van der Waals surface area contributed by atoms with Crippen molar-refractivity contribution >= 4 is 35.3 Å². The van der Waals surface area contributed by atoms with Gasteiger partial charge in [-0.1, -0.05) is 23.7 Å². The fraction of sp³-hybridized carbons (Fsp3) is 0.0870. The predicted octanol–water partition coefficient (Wildman–Crippen LogP) is 4.29. The van der Waals surface area contributed by atoms with Crippen molar-refractivity contribution in [3.8, 4) is 11.5 Å². The second-order valence-corrected chi connectivity index (χ2v) is 6.93. The summed E-state index contributed by atoms with van der Waals surface area (Å²) < 4.78 is 38.0. The highest BCUT2D eigenvalue weighted by Gasteiger charge is 2.15. The Hall–Kier alpha value is -3.98. The van der Waals surface area contributed by atoms with Gasteiger partial charge in [0.2, 0.25) is 0 Å². The SMILES string of the molecule is COc1cccc(/C=N\NC(=O)C(=O)Nc2ccc(F)cc2)c1OCc1c(F)cccc1Cl. The zero-order chi connectivity index (χ0) is 23.8. The lowest BCUT2D eigenvalue weighted by atomic mass is 10.2. The largest absolute Gasteiger partial charge is 0.493 e. The van der Waals surface area contributed by atoms with Crippen LogP contribution in [0.3, 0.4) is 0 Å². The van der Waals surface area contributed by atoms with Crippen molar-refractivity contribution < 1.29 is 27.8 Å². The topological polar surface area (TPSA) is 89.0 Å². The molecule has 10 heteroatoms. The fourth-order valence-corrected chi connectivity index (χ4v) is 2.91. The average Bonchev–Trinajstić information content (AvgIpc) is 2.80. The zero-order valence-corrected chi connectivity index (χ0v) is 18.0. The second-order valence-electron chi connectivity index (χ2n) is 6.53. The van der Waals surface area contributed by atoms with Crippen molar-refractivity contribution in [1.29, 1.82) is 0 Å². The number of carbonyl (C=O) groups excluding carboxylic acids is 2. The molecule has 0 aliphatic rings. The summed E-state index contributed by atoms with van der Waals surface area (Å²) in [6.45, 7) is -0.181. The number of carbonyl (C=O) groups is 2. The lowest BCUT2D eigenvalue weighted by Crippen LogP contribution is -2.32. The molecule has 0 fully saturated rings. The molecule has 0 aromatic heterocycles. The third-order valence-electron chi connectivity index (χ3n) is 4.33. The minimum absolute atomic E-state index is 0.165. The highest BCUT2D eigenvalue weighted by Crippen LogP contribution is 2.32. The second kappa shape index (κ2) is 11.1. The Morgan fingerprint density at radius 3 is 2.45 bits per heavy atom. The van der Waals surface area contributed by atoms with Gasteiger partial charge in [-0.05, 0) is 48.5 Å². The Morgan fingerprint density at radius 1 is 1.03 bits per heavy atom.